The van der Waals surface area contributed by atoms with E-state index in [2.05, 4.69) is 26.3 Å². The van der Waals surface area contributed by atoms with Crippen molar-refractivity contribution in [3.63, 3.8) is 0 Å². The minimum Gasteiger partial charge on any atom is -0.324 e. The van der Waals surface area contributed by atoms with E-state index in [4.69, 9.17) is 5.26 Å². The molecule has 7 heteroatoms. The standard InChI is InChI=1S/C16H15BrN4O2/c1-9-6-12(4-5-14(9)17)19-15(22)8-21-16(23)13(7-18)10(2)11(3)20-21/h4-6H,8H2,1-3H3,(H,19,22). The fourth-order valence-electron chi connectivity index (χ4n) is 2.07. The number of aromatic nitrogens is 2. The zero-order valence-electron chi connectivity index (χ0n) is 13.0. The zero-order chi connectivity index (χ0) is 17.1. The van der Waals surface area contributed by atoms with Crippen molar-refractivity contribution >= 4 is 27.5 Å². The van der Waals surface area contributed by atoms with E-state index in [1.165, 1.54) is 0 Å². The number of carbonyl (C=O) groups excluding carboxylic acids is 1. The largest absolute Gasteiger partial charge is 0.324 e. The SMILES string of the molecule is Cc1cc(NC(=O)Cn2nc(C)c(C)c(C#N)c2=O)ccc1Br. The van der Waals surface area contributed by atoms with Crippen molar-refractivity contribution in [1.29, 1.82) is 5.26 Å². The number of benzene rings is 1. The summed E-state index contributed by atoms with van der Waals surface area (Å²) in [4.78, 5) is 24.3. The third-order valence-electron chi connectivity index (χ3n) is 3.48. The molecule has 6 nitrogen and oxygen atoms in total. The molecule has 0 unspecified atom stereocenters. The van der Waals surface area contributed by atoms with Crippen LogP contribution in [0.4, 0.5) is 5.69 Å². The van der Waals surface area contributed by atoms with Gasteiger partial charge in [-0.25, -0.2) is 4.68 Å². The highest BCUT2D eigenvalue weighted by Crippen LogP contribution is 2.19. The lowest BCUT2D eigenvalue weighted by Gasteiger charge is -2.10. The van der Waals surface area contributed by atoms with Crippen molar-refractivity contribution in [3.05, 3.63) is 55.4 Å². The molecule has 0 atom stereocenters. The fourth-order valence-corrected chi connectivity index (χ4v) is 2.32. The van der Waals surface area contributed by atoms with E-state index in [9.17, 15) is 9.59 Å². The van der Waals surface area contributed by atoms with Crippen LogP contribution < -0.4 is 10.9 Å². The Balaban J connectivity index is 2.24. The summed E-state index contributed by atoms with van der Waals surface area (Å²) in [6.45, 7) is 5.03. The van der Waals surface area contributed by atoms with Gasteiger partial charge < -0.3 is 5.32 Å². The molecule has 23 heavy (non-hydrogen) atoms. The van der Waals surface area contributed by atoms with Gasteiger partial charge in [0.1, 0.15) is 18.2 Å². The van der Waals surface area contributed by atoms with Gasteiger partial charge in [0.05, 0.1) is 5.69 Å². The van der Waals surface area contributed by atoms with Crippen molar-refractivity contribution in [2.24, 2.45) is 0 Å². The maximum atomic E-state index is 12.2. The molecule has 0 radical (unpaired) electrons. The molecule has 0 aliphatic heterocycles. The van der Waals surface area contributed by atoms with E-state index >= 15 is 0 Å². The van der Waals surface area contributed by atoms with Crippen LogP contribution in [0.3, 0.4) is 0 Å². The predicted molar refractivity (Wildman–Crippen MR) is 90.2 cm³/mol. The molecule has 0 spiro atoms. The van der Waals surface area contributed by atoms with Gasteiger partial charge in [-0.1, -0.05) is 15.9 Å². The van der Waals surface area contributed by atoms with Gasteiger partial charge in [0.15, 0.2) is 0 Å². The molecule has 2 rings (SSSR count). The van der Waals surface area contributed by atoms with Gasteiger partial charge in [0.2, 0.25) is 5.91 Å². The van der Waals surface area contributed by atoms with Crippen LogP contribution in [0.2, 0.25) is 0 Å². The van der Waals surface area contributed by atoms with Gasteiger partial charge in [-0.05, 0) is 50.1 Å². The monoisotopic (exact) mass is 374 g/mol. The molecule has 1 aromatic carbocycles. The van der Waals surface area contributed by atoms with Gasteiger partial charge in [-0.15, -0.1) is 0 Å². The second-order valence-electron chi connectivity index (χ2n) is 5.17. The Morgan fingerprint density at radius 1 is 1.39 bits per heavy atom. The van der Waals surface area contributed by atoms with Crippen LogP contribution in [0, 0.1) is 32.1 Å². The first-order valence-electron chi connectivity index (χ1n) is 6.88. The first-order chi connectivity index (χ1) is 10.8. The number of halogens is 1. The van der Waals surface area contributed by atoms with E-state index in [-0.39, 0.29) is 18.0 Å². The summed E-state index contributed by atoms with van der Waals surface area (Å²) in [5.41, 5.74) is 2.16. The number of amides is 1. The third-order valence-corrected chi connectivity index (χ3v) is 4.37. The van der Waals surface area contributed by atoms with E-state index in [1.807, 2.05) is 25.1 Å². The Bertz CT molecular complexity index is 881. The number of nitrogens with one attached hydrogen (secondary N) is 1. The zero-order valence-corrected chi connectivity index (χ0v) is 14.6. The van der Waals surface area contributed by atoms with E-state index in [0.29, 0.717) is 16.9 Å². The smallest absolute Gasteiger partial charge is 0.285 e. The van der Waals surface area contributed by atoms with Gasteiger partial charge in [-0.3, -0.25) is 9.59 Å². The van der Waals surface area contributed by atoms with E-state index in [0.717, 1.165) is 14.7 Å². The molecule has 0 aliphatic carbocycles. The maximum absolute atomic E-state index is 12.2. The number of hydrogen-bond acceptors (Lipinski definition) is 4. The molecule has 1 aromatic heterocycles. The molecule has 118 valence electrons. The average molecular weight is 375 g/mol. The molecule has 0 fully saturated rings. The third kappa shape index (κ3) is 3.66. The topological polar surface area (TPSA) is 87.8 Å². The molecule has 0 bridgehead atoms. The van der Waals surface area contributed by atoms with Crippen LogP contribution in [-0.4, -0.2) is 15.7 Å². The van der Waals surface area contributed by atoms with Crippen molar-refractivity contribution in [2.45, 2.75) is 27.3 Å². The molecule has 0 aliphatic rings. The molecular weight excluding hydrogens is 360 g/mol. The molecule has 0 saturated heterocycles. The quantitative estimate of drug-likeness (QED) is 0.893. The minimum absolute atomic E-state index is 0.0183. The average Bonchev–Trinajstić information content (AvgIpc) is 2.49. The summed E-state index contributed by atoms with van der Waals surface area (Å²) in [5, 5.41) is 15.9. The predicted octanol–water partition coefficient (Wildman–Crippen LogP) is 2.44. The Labute approximate surface area is 141 Å². The lowest BCUT2D eigenvalue weighted by molar-refractivity contribution is -0.117. The van der Waals surface area contributed by atoms with E-state index < -0.39 is 5.56 Å². The number of nitrogens with zero attached hydrogens (tertiary/aromatic N) is 3. The Morgan fingerprint density at radius 3 is 2.70 bits per heavy atom. The molecular formula is C16H15BrN4O2. The van der Waals surface area contributed by atoms with Crippen molar-refractivity contribution in [1.82, 2.24) is 9.78 Å². The molecule has 1 N–H and O–H groups in total. The number of nitriles is 1. The van der Waals surface area contributed by atoms with Crippen LogP contribution in [-0.2, 0) is 11.3 Å². The number of hydrogen-bond donors (Lipinski definition) is 1. The van der Waals surface area contributed by atoms with Gasteiger partial charge in [0, 0.05) is 10.2 Å². The van der Waals surface area contributed by atoms with Crippen LogP contribution in [0.15, 0.2) is 27.5 Å². The molecule has 0 saturated carbocycles. The Hall–Kier alpha value is -2.46. The lowest BCUT2D eigenvalue weighted by atomic mass is 10.1. The fraction of sp³-hybridized carbons (Fsp3) is 0.250. The second kappa shape index (κ2) is 6.75. The number of rotatable bonds is 3. The van der Waals surface area contributed by atoms with Crippen LogP contribution in [0.1, 0.15) is 22.4 Å². The minimum atomic E-state index is -0.558. The number of aryl methyl sites for hydroxylation is 2. The van der Waals surface area contributed by atoms with Crippen LogP contribution in [0.25, 0.3) is 0 Å². The number of anilines is 1. The first kappa shape index (κ1) is 16.9. The maximum Gasteiger partial charge on any atom is 0.285 e. The van der Waals surface area contributed by atoms with Crippen molar-refractivity contribution in [2.75, 3.05) is 5.32 Å². The second-order valence-corrected chi connectivity index (χ2v) is 6.03. The van der Waals surface area contributed by atoms with Gasteiger partial charge in [0.25, 0.3) is 5.56 Å². The summed E-state index contributed by atoms with van der Waals surface area (Å²) < 4.78 is 1.96. The first-order valence-corrected chi connectivity index (χ1v) is 7.67. The summed E-state index contributed by atoms with van der Waals surface area (Å²) in [5.74, 6) is -0.381. The van der Waals surface area contributed by atoms with Crippen LogP contribution >= 0.6 is 15.9 Å². The van der Waals surface area contributed by atoms with Crippen molar-refractivity contribution < 1.29 is 4.79 Å². The molecule has 2 aromatic rings. The summed E-state index contributed by atoms with van der Waals surface area (Å²) in [6, 6.07) is 7.28. The Kier molecular flexibility index (Phi) is 4.96. The Morgan fingerprint density at radius 2 is 2.09 bits per heavy atom. The van der Waals surface area contributed by atoms with Gasteiger partial charge in [-0.2, -0.15) is 10.4 Å². The highest BCUT2D eigenvalue weighted by Gasteiger charge is 2.14. The van der Waals surface area contributed by atoms with E-state index in [1.54, 1.807) is 19.9 Å². The molecule has 1 amide bonds. The highest BCUT2D eigenvalue weighted by atomic mass is 79.9. The highest BCUT2D eigenvalue weighted by molar-refractivity contribution is 9.10. The van der Waals surface area contributed by atoms with Gasteiger partial charge >= 0.3 is 0 Å². The summed E-state index contributed by atoms with van der Waals surface area (Å²) in [6.07, 6.45) is 0. The summed E-state index contributed by atoms with van der Waals surface area (Å²) in [7, 11) is 0. The van der Waals surface area contributed by atoms with Crippen LogP contribution in [0.5, 0.6) is 0 Å². The molecule has 1 heterocycles. The lowest BCUT2D eigenvalue weighted by Crippen LogP contribution is -2.32. The normalized spacial score (nSPS) is 10.2. The number of carbonyl (C=O) groups is 1. The summed E-state index contributed by atoms with van der Waals surface area (Å²) >= 11 is 3.39. The van der Waals surface area contributed by atoms with Crippen molar-refractivity contribution in [3.8, 4) is 6.07 Å².